The van der Waals surface area contributed by atoms with Gasteiger partial charge < -0.3 is 14.4 Å². The highest BCUT2D eigenvalue weighted by molar-refractivity contribution is 5.89. The molecule has 142 valence electrons. The quantitative estimate of drug-likeness (QED) is 0.830. The van der Waals surface area contributed by atoms with Gasteiger partial charge in [0.2, 0.25) is 0 Å². The summed E-state index contributed by atoms with van der Waals surface area (Å²) in [6.45, 7) is 8.59. The fourth-order valence-corrected chi connectivity index (χ4v) is 4.34. The summed E-state index contributed by atoms with van der Waals surface area (Å²) in [6.07, 6.45) is 3.61. The van der Waals surface area contributed by atoms with Crippen LogP contribution < -0.4 is 4.90 Å². The average molecular weight is 359 g/mol. The molecular weight excluding hydrogens is 330 g/mol. The third-order valence-electron chi connectivity index (χ3n) is 6.01. The van der Waals surface area contributed by atoms with Gasteiger partial charge in [0.15, 0.2) is 0 Å². The molecule has 3 fully saturated rings. The van der Waals surface area contributed by atoms with Crippen LogP contribution in [0.3, 0.4) is 0 Å². The maximum Gasteiger partial charge on any atom is 0.416 e. The van der Waals surface area contributed by atoms with Crippen molar-refractivity contribution in [2.75, 3.05) is 37.7 Å². The number of anilines is 1. The van der Waals surface area contributed by atoms with E-state index in [1.165, 1.54) is 6.42 Å². The van der Waals surface area contributed by atoms with Crippen LogP contribution in [0.15, 0.2) is 18.2 Å². The molecule has 0 N–H and O–H groups in total. The standard InChI is InChI=1S/C20H29N3O3/c1-15(2)22-10-4-5-16(13-22)17-6-3-7-18(21-17)23-14-20(26-19(23)24)8-11-25-12-9-20/h3,6-7,15-16H,4-5,8-14H2,1-2H3/t16-/m0/s1. The van der Waals surface area contributed by atoms with Crippen LogP contribution in [0.5, 0.6) is 0 Å². The van der Waals surface area contributed by atoms with Crippen LogP contribution in [0.4, 0.5) is 10.6 Å². The molecule has 6 heteroatoms. The van der Waals surface area contributed by atoms with Crippen molar-refractivity contribution in [3.63, 3.8) is 0 Å². The first-order valence-electron chi connectivity index (χ1n) is 9.86. The molecule has 1 aromatic heterocycles. The summed E-state index contributed by atoms with van der Waals surface area (Å²) in [5, 5.41) is 0. The van der Waals surface area contributed by atoms with E-state index in [4.69, 9.17) is 14.5 Å². The summed E-state index contributed by atoms with van der Waals surface area (Å²) >= 11 is 0. The van der Waals surface area contributed by atoms with Gasteiger partial charge in [-0.15, -0.1) is 0 Å². The molecule has 4 rings (SSSR count). The van der Waals surface area contributed by atoms with Crippen molar-refractivity contribution < 1.29 is 14.3 Å². The molecule has 3 aliphatic rings. The smallest absolute Gasteiger partial charge is 0.416 e. The number of hydrogen-bond donors (Lipinski definition) is 0. The highest BCUT2D eigenvalue weighted by Crippen LogP contribution is 2.35. The number of likely N-dealkylation sites (tertiary alicyclic amines) is 1. The van der Waals surface area contributed by atoms with Gasteiger partial charge in [-0.3, -0.25) is 4.90 Å². The fraction of sp³-hybridized carbons (Fsp3) is 0.700. The van der Waals surface area contributed by atoms with E-state index in [0.717, 1.165) is 43.9 Å². The molecule has 3 saturated heterocycles. The maximum absolute atomic E-state index is 12.5. The molecule has 6 nitrogen and oxygen atoms in total. The van der Waals surface area contributed by atoms with Crippen molar-refractivity contribution in [2.24, 2.45) is 0 Å². The monoisotopic (exact) mass is 359 g/mol. The zero-order chi connectivity index (χ0) is 18.1. The van der Waals surface area contributed by atoms with Crippen LogP contribution >= 0.6 is 0 Å². The number of carbonyl (C=O) groups is 1. The molecule has 1 aromatic rings. The van der Waals surface area contributed by atoms with Gasteiger partial charge in [-0.1, -0.05) is 6.07 Å². The minimum Gasteiger partial charge on any atom is -0.440 e. The topological polar surface area (TPSA) is 54.9 Å². The Hall–Kier alpha value is -1.66. The van der Waals surface area contributed by atoms with Crippen LogP contribution in [0.2, 0.25) is 0 Å². The number of rotatable bonds is 3. The van der Waals surface area contributed by atoms with Crippen LogP contribution in [0, 0.1) is 0 Å². The summed E-state index contributed by atoms with van der Waals surface area (Å²) in [5.74, 6) is 1.15. The molecule has 0 bridgehead atoms. The molecule has 3 aliphatic heterocycles. The number of pyridine rings is 1. The zero-order valence-corrected chi connectivity index (χ0v) is 15.8. The van der Waals surface area contributed by atoms with Crippen molar-refractivity contribution >= 4 is 11.9 Å². The Morgan fingerprint density at radius 2 is 2.08 bits per heavy atom. The van der Waals surface area contributed by atoms with E-state index >= 15 is 0 Å². The molecule has 0 saturated carbocycles. The fourth-order valence-electron chi connectivity index (χ4n) is 4.34. The highest BCUT2D eigenvalue weighted by Gasteiger charge is 2.47. The maximum atomic E-state index is 12.5. The third kappa shape index (κ3) is 3.45. The summed E-state index contributed by atoms with van der Waals surface area (Å²) in [5.41, 5.74) is 0.695. The van der Waals surface area contributed by atoms with Gasteiger partial charge in [0.05, 0.1) is 19.8 Å². The minimum absolute atomic E-state index is 0.274. The Labute approximate surface area is 155 Å². The normalized spacial score (nSPS) is 26.5. The Kier molecular flexibility index (Phi) is 4.88. The Morgan fingerprint density at radius 1 is 1.27 bits per heavy atom. The van der Waals surface area contributed by atoms with Gasteiger partial charge in [0, 0.05) is 37.0 Å². The molecular formula is C20H29N3O3. The van der Waals surface area contributed by atoms with Crippen LogP contribution in [-0.4, -0.2) is 60.5 Å². The molecule has 4 heterocycles. The van der Waals surface area contributed by atoms with E-state index in [2.05, 4.69) is 24.8 Å². The number of ether oxygens (including phenoxy) is 2. The first-order valence-corrected chi connectivity index (χ1v) is 9.86. The number of hydrogen-bond acceptors (Lipinski definition) is 5. The molecule has 0 aliphatic carbocycles. The van der Waals surface area contributed by atoms with Gasteiger partial charge in [-0.25, -0.2) is 9.78 Å². The first kappa shape index (κ1) is 17.7. The Balaban J connectivity index is 1.51. The van der Waals surface area contributed by atoms with Crippen LogP contribution in [0.25, 0.3) is 0 Å². The van der Waals surface area contributed by atoms with E-state index in [9.17, 15) is 4.79 Å². The lowest BCUT2D eigenvalue weighted by molar-refractivity contribution is -0.0431. The largest absolute Gasteiger partial charge is 0.440 e. The van der Waals surface area contributed by atoms with E-state index in [0.29, 0.717) is 31.7 Å². The molecule has 0 aromatic carbocycles. The summed E-state index contributed by atoms with van der Waals surface area (Å²) in [6, 6.07) is 6.60. The molecule has 0 unspecified atom stereocenters. The summed E-state index contributed by atoms with van der Waals surface area (Å²) < 4.78 is 11.2. The summed E-state index contributed by atoms with van der Waals surface area (Å²) in [7, 11) is 0. The zero-order valence-electron chi connectivity index (χ0n) is 15.8. The minimum atomic E-state index is -0.397. The van der Waals surface area contributed by atoms with E-state index < -0.39 is 5.60 Å². The van der Waals surface area contributed by atoms with Gasteiger partial charge in [0.25, 0.3) is 0 Å². The second-order valence-electron chi connectivity index (χ2n) is 8.10. The molecule has 1 atom stereocenters. The molecule has 0 radical (unpaired) electrons. The number of nitrogens with zero attached hydrogens (tertiary/aromatic N) is 3. The summed E-state index contributed by atoms with van der Waals surface area (Å²) in [4.78, 5) is 21.6. The SMILES string of the molecule is CC(C)N1CCC[C@H](c2cccc(N3CC4(CCOCC4)OC3=O)n2)C1. The van der Waals surface area contributed by atoms with Crippen molar-refractivity contribution in [1.29, 1.82) is 0 Å². The highest BCUT2D eigenvalue weighted by atomic mass is 16.6. The Morgan fingerprint density at radius 3 is 2.85 bits per heavy atom. The predicted octanol–water partition coefficient (Wildman–Crippen LogP) is 3.18. The van der Waals surface area contributed by atoms with Crippen LogP contribution in [0.1, 0.15) is 51.1 Å². The lowest BCUT2D eigenvalue weighted by Crippen LogP contribution is -2.40. The number of piperidine rings is 1. The first-order chi connectivity index (χ1) is 12.6. The average Bonchev–Trinajstić information content (AvgIpc) is 2.98. The van der Waals surface area contributed by atoms with E-state index in [-0.39, 0.29) is 6.09 Å². The van der Waals surface area contributed by atoms with Crippen LogP contribution in [-0.2, 0) is 9.47 Å². The second-order valence-corrected chi connectivity index (χ2v) is 8.10. The van der Waals surface area contributed by atoms with Gasteiger partial charge in [0.1, 0.15) is 11.4 Å². The van der Waals surface area contributed by atoms with Crippen molar-refractivity contribution in [3.05, 3.63) is 23.9 Å². The third-order valence-corrected chi connectivity index (χ3v) is 6.01. The van der Waals surface area contributed by atoms with Crippen molar-refractivity contribution in [3.8, 4) is 0 Å². The lowest BCUT2D eigenvalue weighted by Gasteiger charge is -2.35. The van der Waals surface area contributed by atoms with Gasteiger partial charge >= 0.3 is 6.09 Å². The number of aromatic nitrogens is 1. The van der Waals surface area contributed by atoms with Crippen molar-refractivity contribution in [1.82, 2.24) is 9.88 Å². The van der Waals surface area contributed by atoms with E-state index in [1.807, 2.05) is 12.1 Å². The Bertz CT molecular complexity index is 657. The van der Waals surface area contributed by atoms with Gasteiger partial charge in [-0.05, 0) is 45.4 Å². The molecule has 1 spiro atoms. The molecule has 26 heavy (non-hydrogen) atoms. The van der Waals surface area contributed by atoms with E-state index in [1.54, 1.807) is 4.90 Å². The molecule has 1 amide bonds. The lowest BCUT2D eigenvalue weighted by atomic mass is 9.93. The predicted molar refractivity (Wildman–Crippen MR) is 99.5 cm³/mol. The second kappa shape index (κ2) is 7.16. The number of carbonyl (C=O) groups excluding carboxylic acids is 1. The van der Waals surface area contributed by atoms with Crippen molar-refractivity contribution in [2.45, 2.75) is 57.1 Å². The number of amides is 1. The van der Waals surface area contributed by atoms with Gasteiger partial charge in [-0.2, -0.15) is 0 Å².